The molecular formula is C13H15Cl2N. The first kappa shape index (κ1) is 11.8. The first-order chi connectivity index (χ1) is 7.72. The van der Waals surface area contributed by atoms with Gasteiger partial charge < -0.3 is 4.90 Å². The SMILES string of the molecule is CC=C(c1ccc(Cl)c(Cl)c1)N1CCCC1. The number of hydrogen-bond donors (Lipinski definition) is 0. The van der Waals surface area contributed by atoms with Gasteiger partial charge in [-0.3, -0.25) is 0 Å². The van der Waals surface area contributed by atoms with E-state index in [-0.39, 0.29) is 0 Å². The summed E-state index contributed by atoms with van der Waals surface area (Å²) in [5.41, 5.74) is 2.41. The molecule has 0 N–H and O–H groups in total. The highest BCUT2D eigenvalue weighted by molar-refractivity contribution is 6.42. The molecule has 16 heavy (non-hydrogen) atoms. The summed E-state index contributed by atoms with van der Waals surface area (Å²) in [4.78, 5) is 2.40. The fourth-order valence-corrected chi connectivity index (χ4v) is 2.44. The summed E-state index contributed by atoms with van der Waals surface area (Å²) in [5, 5.41) is 1.24. The van der Waals surface area contributed by atoms with E-state index in [4.69, 9.17) is 23.2 Å². The molecule has 1 nitrogen and oxygen atoms in total. The van der Waals surface area contributed by atoms with Gasteiger partial charge in [-0.15, -0.1) is 0 Å². The van der Waals surface area contributed by atoms with E-state index in [0.717, 1.165) is 18.7 Å². The Kier molecular flexibility index (Phi) is 3.78. The maximum atomic E-state index is 6.04. The number of likely N-dealkylation sites (tertiary alicyclic amines) is 1. The van der Waals surface area contributed by atoms with Gasteiger partial charge in [0, 0.05) is 18.8 Å². The van der Waals surface area contributed by atoms with Crippen molar-refractivity contribution in [3.8, 4) is 0 Å². The van der Waals surface area contributed by atoms with E-state index in [1.807, 2.05) is 18.2 Å². The van der Waals surface area contributed by atoms with Crippen LogP contribution < -0.4 is 0 Å². The van der Waals surface area contributed by atoms with Crippen molar-refractivity contribution in [2.24, 2.45) is 0 Å². The van der Waals surface area contributed by atoms with Crippen LogP contribution in [0.15, 0.2) is 24.3 Å². The summed E-state index contributed by atoms with van der Waals surface area (Å²) >= 11 is 12.0. The Morgan fingerprint density at radius 2 is 1.88 bits per heavy atom. The van der Waals surface area contributed by atoms with Gasteiger partial charge in [0.1, 0.15) is 0 Å². The third kappa shape index (κ3) is 2.36. The van der Waals surface area contributed by atoms with Crippen molar-refractivity contribution in [1.82, 2.24) is 4.90 Å². The molecule has 0 aliphatic carbocycles. The molecule has 0 saturated carbocycles. The molecule has 0 unspecified atom stereocenters. The lowest BCUT2D eigenvalue weighted by molar-refractivity contribution is 0.492. The fourth-order valence-electron chi connectivity index (χ4n) is 2.15. The van der Waals surface area contributed by atoms with Crippen LogP contribution in [-0.4, -0.2) is 18.0 Å². The molecule has 1 aromatic carbocycles. The largest absolute Gasteiger partial charge is 0.371 e. The molecule has 1 aliphatic heterocycles. The Balaban J connectivity index is 2.30. The second-order valence-corrected chi connectivity index (χ2v) is 4.81. The molecule has 1 aliphatic rings. The minimum atomic E-state index is 0.613. The standard InChI is InChI=1S/C13H15Cl2N/c1-2-13(16-7-3-4-8-16)10-5-6-11(14)12(15)9-10/h2,5-6,9H,3-4,7-8H2,1H3. The Morgan fingerprint density at radius 1 is 1.19 bits per heavy atom. The van der Waals surface area contributed by atoms with Gasteiger partial charge in [-0.1, -0.05) is 35.3 Å². The molecule has 2 rings (SSSR count). The van der Waals surface area contributed by atoms with Crippen LogP contribution in [0.1, 0.15) is 25.3 Å². The van der Waals surface area contributed by atoms with Gasteiger partial charge >= 0.3 is 0 Å². The van der Waals surface area contributed by atoms with E-state index in [0.29, 0.717) is 10.0 Å². The molecule has 0 aromatic heterocycles. The van der Waals surface area contributed by atoms with Gasteiger partial charge in [0.05, 0.1) is 10.0 Å². The van der Waals surface area contributed by atoms with E-state index in [1.54, 1.807) is 0 Å². The number of halogens is 2. The predicted molar refractivity (Wildman–Crippen MR) is 70.9 cm³/mol. The van der Waals surface area contributed by atoms with Crippen LogP contribution in [0.25, 0.3) is 5.70 Å². The summed E-state index contributed by atoms with van der Waals surface area (Å²) in [6.07, 6.45) is 4.70. The molecule has 86 valence electrons. The van der Waals surface area contributed by atoms with Crippen LogP contribution in [0.2, 0.25) is 10.0 Å². The van der Waals surface area contributed by atoms with Crippen molar-refractivity contribution in [2.45, 2.75) is 19.8 Å². The molecule has 1 fully saturated rings. The second-order valence-electron chi connectivity index (χ2n) is 4.00. The topological polar surface area (TPSA) is 3.24 Å². The lowest BCUT2D eigenvalue weighted by Crippen LogP contribution is -2.17. The third-order valence-corrected chi connectivity index (χ3v) is 3.67. The summed E-state index contributed by atoms with van der Waals surface area (Å²) in [6.45, 7) is 4.34. The minimum absolute atomic E-state index is 0.613. The predicted octanol–water partition coefficient (Wildman–Crippen LogP) is 4.45. The molecule has 3 heteroatoms. The number of allylic oxidation sites excluding steroid dienone is 1. The molecule has 1 aromatic rings. The lowest BCUT2D eigenvalue weighted by atomic mass is 10.1. The minimum Gasteiger partial charge on any atom is -0.371 e. The fraction of sp³-hybridized carbons (Fsp3) is 0.385. The van der Waals surface area contributed by atoms with Crippen molar-refractivity contribution >= 4 is 28.9 Å². The molecule has 0 spiro atoms. The van der Waals surface area contributed by atoms with E-state index in [9.17, 15) is 0 Å². The number of benzene rings is 1. The van der Waals surface area contributed by atoms with Crippen molar-refractivity contribution in [2.75, 3.05) is 13.1 Å². The van der Waals surface area contributed by atoms with Gasteiger partial charge in [0.15, 0.2) is 0 Å². The highest BCUT2D eigenvalue weighted by Gasteiger charge is 2.16. The molecule has 1 saturated heterocycles. The number of rotatable bonds is 2. The van der Waals surface area contributed by atoms with Crippen molar-refractivity contribution in [1.29, 1.82) is 0 Å². The van der Waals surface area contributed by atoms with Crippen LogP contribution in [0.3, 0.4) is 0 Å². The smallest absolute Gasteiger partial charge is 0.0599 e. The van der Waals surface area contributed by atoms with Gasteiger partial charge in [-0.05, 0) is 37.5 Å². The lowest BCUT2D eigenvalue weighted by Gasteiger charge is -2.21. The van der Waals surface area contributed by atoms with E-state index < -0.39 is 0 Å². The van der Waals surface area contributed by atoms with Crippen LogP contribution in [-0.2, 0) is 0 Å². The average molecular weight is 256 g/mol. The molecule has 0 amide bonds. The Labute approximate surface area is 107 Å². The van der Waals surface area contributed by atoms with Crippen molar-refractivity contribution in [3.05, 3.63) is 39.9 Å². The van der Waals surface area contributed by atoms with Gasteiger partial charge in [0.2, 0.25) is 0 Å². The highest BCUT2D eigenvalue weighted by Crippen LogP contribution is 2.29. The normalized spacial score (nSPS) is 16.9. The number of hydrogen-bond acceptors (Lipinski definition) is 1. The van der Waals surface area contributed by atoms with Crippen molar-refractivity contribution < 1.29 is 0 Å². The summed E-state index contributed by atoms with van der Waals surface area (Å²) < 4.78 is 0. The summed E-state index contributed by atoms with van der Waals surface area (Å²) in [6, 6.07) is 5.83. The second kappa shape index (κ2) is 5.11. The monoisotopic (exact) mass is 255 g/mol. The van der Waals surface area contributed by atoms with Gasteiger partial charge in [-0.25, -0.2) is 0 Å². The number of nitrogens with zero attached hydrogens (tertiary/aromatic N) is 1. The highest BCUT2D eigenvalue weighted by atomic mass is 35.5. The zero-order chi connectivity index (χ0) is 11.5. The van der Waals surface area contributed by atoms with Crippen LogP contribution >= 0.6 is 23.2 Å². The summed E-state index contributed by atoms with van der Waals surface area (Å²) in [5.74, 6) is 0. The zero-order valence-electron chi connectivity index (χ0n) is 9.34. The Hall–Kier alpha value is -0.660. The quantitative estimate of drug-likeness (QED) is 0.755. The molecule has 0 atom stereocenters. The maximum absolute atomic E-state index is 6.04. The molecule has 0 radical (unpaired) electrons. The Bertz CT molecular complexity index is 406. The first-order valence-corrected chi connectivity index (χ1v) is 6.34. The summed E-state index contributed by atoms with van der Waals surface area (Å²) in [7, 11) is 0. The molecule has 1 heterocycles. The third-order valence-electron chi connectivity index (χ3n) is 2.94. The van der Waals surface area contributed by atoms with Gasteiger partial charge in [0.25, 0.3) is 0 Å². The molecular weight excluding hydrogens is 241 g/mol. The molecule has 0 bridgehead atoms. The maximum Gasteiger partial charge on any atom is 0.0599 e. The van der Waals surface area contributed by atoms with E-state index in [2.05, 4.69) is 17.9 Å². The van der Waals surface area contributed by atoms with Crippen LogP contribution in [0, 0.1) is 0 Å². The zero-order valence-corrected chi connectivity index (χ0v) is 10.9. The first-order valence-electron chi connectivity index (χ1n) is 5.59. The van der Waals surface area contributed by atoms with E-state index >= 15 is 0 Å². The van der Waals surface area contributed by atoms with E-state index in [1.165, 1.54) is 18.5 Å². The van der Waals surface area contributed by atoms with Crippen LogP contribution in [0.5, 0.6) is 0 Å². The average Bonchev–Trinajstić information content (AvgIpc) is 2.78. The van der Waals surface area contributed by atoms with Gasteiger partial charge in [-0.2, -0.15) is 0 Å². The van der Waals surface area contributed by atoms with Crippen molar-refractivity contribution in [3.63, 3.8) is 0 Å². The Morgan fingerprint density at radius 3 is 2.44 bits per heavy atom. The van der Waals surface area contributed by atoms with Crippen LogP contribution in [0.4, 0.5) is 0 Å².